The largest absolute Gasteiger partial charge is 0.320 e. The number of rotatable bonds is 2. The average molecular weight is 386 g/mol. The topological polar surface area (TPSA) is 42.0 Å². The van der Waals surface area contributed by atoms with Crippen LogP contribution in [-0.4, -0.2) is 10.9 Å². The molecule has 0 bridgehead atoms. The summed E-state index contributed by atoms with van der Waals surface area (Å²) in [5.74, 6) is -0.453. The van der Waals surface area contributed by atoms with E-state index in [1.165, 1.54) is 0 Å². The fourth-order valence-electron chi connectivity index (χ4n) is 2.18. The van der Waals surface area contributed by atoms with Gasteiger partial charge >= 0.3 is 0 Å². The van der Waals surface area contributed by atoms with Crippen molar-refractivity contribution in [3.8, 4) is 0 Å². The standard InChI is InChI=1S/C16H8Cl4N2O/c17-8-6-9-10(18)4-5-21-15(9)13(7-8)22-16(23)14-11(19)2-1-3-12(14)20/h1-7H,(H,22,23). The number of hydrogen-bond donors (Lipinski definition) is 1. The molecule has 0 saturated carbocycles. The van der Waals surface area contributed by atoms with E-state index in [-0.39, 0.29) is 15.6 Å². The lowest BCUT2D eigenvalue weighted by molar-refractivity contribution is 0.102. The molecule has 3 rings (SSSR count). The summed E-state index contributed by atoms with van der Waals surface area (Å²) in [5, 5.41) is 4.81. The van der Waals surface area contributed by atoms with Gasteiger partial charge in [-0.1, -0.05) is 52.5 Å². The van der Waals surface area contributed by atoms with Crippen LogP contribution in [0.15, 0.2) is 42.6 Å². The number of nitrogens with one attached hydrogen (secondary N) is 1. The number of aromatic nitrogens is 1. The van der Waals surface area contributed by atoms with Crippen LogP contribution in [0.1, 0.15) is 10.4 Å². The van der Waals surface area contributed by atoms with Crippen molar-refractivity contribution < 1.29 is 4.79 Å². The first-order chi connectivity index (χ1) is 11.0. The number of halogens is 4. The number of hydrogen-bond acceptors (Lipinski definition) is 2. The minimum absolute atomic E-state index is 0.186. The summed E-state index contributed by atoms with van der Waals surface area (Å²) in [6.45, 7) is 0. The Morgan fingerprint density at radius 2 is 1.65 bits per heavy atom. The van der Waals surface area contributed by atoms with Gasteiger partial charge in [0.1, 0.15) is 0 Å². The highest BCUT2D eigenvalue weighted by Gasteiger charge is 2.17. The first-order valence-electron chi connectivity index (χ1n) is 6.46. The molecule has 0 saturated heterocycles. The summed E-state index contributed by atoms with van der Waals surface area (Å²) in [5.41, 5.74) is 1.14. The molecule has 3 nitrogen and oxygen atoms in total. The molecule has 0 radical (unpaired) electrons. The van der Waals surface area contributed by atoms with Crippen molar-refractivity contribution in [2.45, 2.75) is 0 Å². The van der Waals surface area contributed by atoms with Gasteiger partial charge < -0.3 is 5.32 Å². The van der Waals surface area contributed by atoms with E-state index in [9.17, 15) is 4.79 Å². The van der Waals surface area contributed by atoms with Crippen molar-refractivity contribution in [1.29, 1.82) is 0 Å². The number of amides is 1. The second kappa shape index (κ2) is 6.54. The summed E-state index contributed by atoms with van der Waals surface area (Å²) < 4.78 is 0. The molecule has 0 spiro atoms. The van der Waals surface area contributed by atoms with E-state index >= 15 is 0 Å². The third-order valence-corrected chi connectivity index (χ3v) is 4.37. The average Bonchev–Trinajstić information content (AvgIpc) is 2.48. The number of anilines is 1. The first-order valence-corrected chi connectivity index (χ1v) is 7.97. The predicted octanol–water partition coefficient (Wildman–Crippen LogP) is 6.10. The van der Waals surface area contributed by atoms with Gasteiger partial charge in [0.2, 0.25) is 0 Å². The van der Waals surface area contributed by atoms with Crippen molar-refractivity contribution in [1.82, 2.24) is 4.98 Å². The van der Waals surface area contributed by atoms with Crippen LogP contribution >= 0.6 is 46.4 Å². The van der Waals surface area contributed by atoms with Gasteiger partial charge in [-0.3, -0.25) is 9.78 Å². The number of carbonyl (C=O) groups excluding carboxylic acids is 1. The van der Waals surface area contributed by atoms with Crippen LogP contribution in [0.4, 0.5) is 5.69 Å². The first kappa shape index (κ1) is 16.3. The second-order valence-corrected chi connectivity index (χ2v) is 6.35. The van der Waals surface area contributed by atoms with Crippen molar-refractivity contribution in [3.63, 3.8) is 0 Å². The molecule has 1 N–H and O–H groups in total. The molecule has 2 aromatic carbocycles. The van der Waals surface area contributed by atoms with E-state index in [2.05, 4.69) is 10.3 Å². The zero-order valence-electron chi connectivity index (χ0n) is 11.4. The maximum Gasteiger partial charge on any atom is 0.258 e. The van der Waals surface area contributed by atoms with Gasteiger partial charge in [-0.15, -0.1) is 0 Å². The molecule has 0 unspecified atom stereocenters. The Kier molecular flexibility index (Phi) is 4.64. The van der Waals surface area contributed by atoms with E-state index in [4.69, 9.17) is 46.4 Å². The smallest absolute Gasteiger partial charge is 0.258 e. The van der Waals surface area contributed by atoms with Crippen molar-refractivity contribution >= 4 is 68.9 Å². The number of benzene rings is 2. The fourth-order valence-corrected chi connectivity index (χ4v) is 3.17. The van der Waals surface area contributed by atoms with Crippen LogP contribution in [0, 0.1) is 0 Å². The van der Waals surface area contributed by atoms with Crippen LogP contribution in [0.3, 0.4) is 0 Å². The molecule has 0 aliphatic carbocycles. The van der Waals surface area contributed by atoms with E-state index in [0.29, 0.717) is 26.6 Å². The Morgan fingerprint density at radius 3 is 2.35 bits per heavy atom. The lowest BCUT2D eigenvalue weighted by atomic mass is 10.1. The summed E-state index contributed by atoms with van der Waals surface area (Å²) >= 11 is 24.4. The Balaban J connectivity index is 2.08. The van der Waals surface area contributed by atoms with Gasteiger partial charge in [-0.05, 0) is 30.3 Å². The van der Waals surface area contributed by atoms with Crippen LogP contribution in [0.2, 0.25) is 20.1 Å². The monoisotopic (exact) mass is 384 g/mol. The molecule has 116 valence electrons. The normalized spacial score (nSPS) is 10.8. The van der Waals surface area contributed by atoms with Gasteiger partial charge in [0.15, 0.2) is 0 Å². The molecule has 3 aromatic rings. The molecule has 0 fully saturated rings. The van der Waals surface area contributed by atoms with Gasteiger partial charge in [-0.25, -0.2) is 0 Å². The maximum atomic E-state index is 12.5. The molecule has 23 heavy (non-hydrogen) atoms. The summed E-state index contributed by atoms with van der Waals surface area (Å²) in [4.78, 5) is 16.8. The van der Waals surface area contributed by atoms with E-state index in [1.807, 2.05) is 0 Å². The van der Waals surface area contributed by atoms with Gasteiger partial charge in [0.05, 0.1) is 31.8 Å². The van der Waals surface area contributed by atoms with Crippen molar-refractivity contribution in [3.05, 3.63) is 68.2 Å². The molecule has 1 heterocycles. The summed E-state index contributed by atoms with van der Waals surface area (Å²) in [6.07, 6.45) is 1.55. The van der Waals surface area contributed by atoms with Crippen LogP contribution in [0.5, 0.6) is 0 Å². The van der Waals surface area contributed by atoms with E-state index < -0.39 is 5.91 Å². The fraction of sp³-hybridized carbons (Fsp3) is 0. The lowest BCUT2D eigenvalue weighted by Crippen LogP contribution is -2.13. The van der Waals surface area contributed by atoms with Crippen molar-refractivity contribution in [2.75, 3.05) is 5.32 Å². The molecule has 1 amide bonds. The molecular formula is C16H8Cl4N2O. The number of nitrogens with zero attached hydrogens (tertiary/aromatic N) is 1. The summed E-state index contributed by atoms with van der Waals surface area (Å²) in [6, 6.07) is 9.77. The highest BCUT2D eigenvalue weighted by atomic mass is 35.5. The molecule has 0 aliphatic heterocycles. The lowest BCUT2D eigenvalue weighted by Gasteiger charge is -2.11. The van der Waals surface area contributed by atoms with Crippen molar-refractivity contribution in [2.24, 2.45) is 0 Å². The van der Waals surface area contributed by atoms with Gasteiger partial charge in [0, 0.05) is 16.6 Å². The van der Waals surface area contributed by atoms with Gasteiger partial charge in [-0.2, -0.15) is 0 Å². The highest BCUT2D eigenvalue weighted by Crippen LogP contribution is 2.32. The third-order valence-electron chi connectivity index (χ3n) is 3.19. The van der Waals surface area contributed by atoms with Crippen LogP contribution in [0.25, 0.3) is 10.9 Å². The Hall–Kier alpha value is -1.52. The van der Waals surface area contributed by atoms with Crippen LogP contribution < -0.4 is 5.32 Å². The number of carbonyl (C=O) groups is 1. The number of pyridine rings is 1. The molecule has 7 heteroatoms. The quantitative estimate of drug-likeness (QED) is 0.578. The molecule has 0 aliphatic rings. The molecule has 1 aromatic heterocycles. The Labute approximate surface area is 152 Å². The van der Waals surface area contributed by atoms with Gasteiger partial charge in [0.25, 0.3) is 5.91 Å². The van der Waals surface area contributed by atoms with E-state index in [1.54, 1.807) is 42.6 Å². The van der Waals surface area contributed by atoms with Crippen LogP contribution in [-0.2, 0) is 0 Å². The third kappa shape index (κ3) is 3.24. The molecule has 0 atom stereocenters. The zero-order valence-corrected chi connectivity index (χ0v) is 14.4. The Morgan fingerprint density at radius 1 is 0.957 bits per heavy atom. The summed E-state index contributed by atoms with van der Waals surface area (Å²) in [7, 11) is 0. The minimum Gasteiger partial charge on any atom is -0.320 e. The second-order valence-electron chi connectivity index (χ2n) is 4.69. The predicted molar refractivity (Wildman–Crippen MR) is 96.2 cm³/mol. The Bertz CT molecular complexity index is 907. The maximum absolute atomic E-state index is 12.5. The SMILES string of the molecule is O=C(Nc1cc(Cl)cc2c(Cl)ccnc12)c1c(Cl)cccc1Cl. The van der Waals surface area contributed by atoms with E-state index in [0.717, 1.165) is 0 Å². The zero-order chi connectivity index (χ0) is 16.6. The molecular weight excluding hydrogens is 378 g/mol. The minimum atomic E-state index is -0.453. The highest BCUT2D eigenvalue weighted by molar-refractivity contribution is 6.41. The number of fused-ring (bicyclic) bond motifs is 1.